The van der Waals surface area contributed by atoms with Gasteiger partial charge >= 0.3 is 5.97 Å². The van der Waals surface area contributed by atoms with Crippen LogP contribution in [0.5, 0.6) is 0 Å². The Hall–Kier alpha value is -0.980. The molecule has 0 saturated heterocycles. The van der Waals surface area contributed by atoms with Crippen LogP contribution in [0.2, 0.25) is 0 Å². The Bertz CT molecular complexity index is 316. The number of aromatic nitrogens is 1. The van der Waals surface area contributed by atoms with Gasteiger partial charge in [0, 0.05) is 18.1 Å². The van der Waals surface area contributed by atoms with Crippen LogP contribution in [0.25, 0.3) is 0 Å². The van der Waals surface area contributed by atoms with Crippen LogP contribution in [0.1, 0.15) is 30.8 Å². The van der Waals surface area contributed by atoms with E-state index in [9.17, 15) is 9.90 Å². The van der Waals surface area contributed by atoms with Crippen molar-refractivity contribution in [2.24, 2.45) is 0 Å². The number of hydrogen-bond donors (Lipinski definition) is 3. The number of rotatable bonds is 7. The minimum absolute atomic E-state index is 0.0865. The highest BCUT2D eigenvalue weighted by atomic mass is 32.1. The molecule has 1 aromatic rings. The van der Waals surface area contributed by atoms with E-state index in [4.69, 9.17) is 5.11 Å². The fourth-order valence-electron chi connectivity index (χ4n) is 1.36. The quantitative estimate of drug-likeness (QED) is 0.667. The lowest BCUT2D eigenvalue weighted by molar-refractivity contribution is -0.139. The third kappa shape index (κ3) is 4.26. The zero-order valence-corrected chi connectivity index (χ0v) is 9.91. The van der Waals surface area contributed by atoms with Crippen molar-refractivity contribution in [3.63, 3.8) is 0 Å². The van der Waals surface area contributed by atoms with Crippen molar-refractivity contribution in [1.29, 1.82) is 0 Å². The molecular formula is C10H16N2O3S. The van der Waals surface area contributed by atoms with Gasteiger partial charge in [-0.2, -0.15) is 0 Å². The molecule has 3 N–H and O–H groups in total. The van der Waals surface area contributed by atoms with E-state index in [0.717, 1.165) is 11.4 Å². The van der Waals surface area contributed by atoms with E-state index in [2.05, 4.69) is 10.3 Å². The molecule has 6 heteroatoms. The van der Waals surface area contributed by atoms with Crippen LogP contribution in [0.3, 0.4) is 0 Å². The molecule has 0 aliphatic rings. The standard InChI is InChI=1S/C10H16N2O3S/c1-2-8(10-11-3-4-16-10)12-6-7(13)5-9(14)15/h3-4,7-8,12-13H,2,5-6H2,1H3,(H,14,15). The summed E-state index contributed by atoms with van der Waals surface area (Å²) in [5, 5.41) is 23.9. The van der Waals surface area contributed by atoms with Crippen LogP contribution in [0.4, 0.5) is 0 Å². The normalized spacial score (nSPS) is 14.6. The van der Waals surface area contributed by atoms with Crippen molar-refractivity contribution in [3.8, 4) is 0 Å². The summed E-state index contributed by atoms with van der Waals surface area (Å²) in [6.07, 6.45) is 1.50. The highest BCUT2D eigenvalue weighted by molar-refractivity contribution is 7.09. The average Bonchev–Trinajstić information content (AvgIpc) is 2.71. The lowest BCUT2D eigenvalue weighted by Crippen LogP contribution is -2.31. The number of aliphatic hydroxyl groups is 1. The van der Waals surface area contributed by atoms with Crippen LogP contribution in [-0.2, 0) is 4.79 Å². The first kappa shape index (κ1) is 13.1. The van der Waals surface area contributed by atoms with Crippen molar-refractivity contribution in [1.82, 2.24) is 10.3 Å². The maximum absolute atomic E-state index is 10.4. The topological polar surface area (TPSA) is 82.5 Å². The molecule has 16 heavy (non-hydrogen) atoms. The fraction of sp³-hybridized carbons (Fsp3) is 0.600. The minimum Gasteiger partial charge on any atom is -0.481 e. The lowest BCUT2D eigenvalue weighted by Gasteiger charge is -2.16. The first-order valence-corrected chi connectivity index (χ1v) is 6.04. The average molecular weight is 244 g/mol. The molecule has 5 nitrogen and oxygen atoms in total. The van der Waals surface area contributed by atoms with Gasteiger partial charge in [-0.25, -0.2) is 4.98 Å². The van der Waals surface area contributed by atoms with E-state index in [1.165, 1.54) is 0 Å². The number of nitrogens with one attached hydrogen (secondary N) is 1. The Morgan fingerprint density at radius 1 is 1.69 bits per heavy atom. The van der Waals surface area contributed by atoms with Crippen molar-refractivity contribution in [3.05, 3.63) is 16.6 Å². The number of aliphatic hydroxyl groups excluding tert-OH is 1. The van der Waals surface area contributed by atoms with Gasteiger partial charge in [0.15, 0.2) is 0 Å². The zero-order valence-electron chi connectivity index (χ0n) is 9.09. The smallest absolute Gasteiger partial charge is 0.306 e. The molecule has 0 fully saturated rings. The van der Waals surface area contributed by atoms with E-state index >= 15 is 0 Å². The van der Waals surface area contributed by atoms with Crippen LogP contribution in [0, 0.1) is 0 Å². The summed E-state index contributed by atoms with van der Waals surface area (Å²) >= 11 is 1.55. The molecule has 1 rings (SSSR count). The molecule has 0 aliphatic carbocycles. The number of carbonyl (C=O) groups is 1. The number of carboxylic acids is 1. The van der Waals surface area contributed by atoms with E-state index < -0.39 is 12.1 Å². The summed E-state index contributed by atoms with van der Waals surface area (Å²) in [6.45, 7) is 2.28. The second-order valence-electron chi connectivity index (χ2n) is 3.49. The molecule has 0 aliphatic heterocycles. The predicted octanol–water partition coefficient (Wildman–Crippen LogP) is 1.02. The van der Waals surface area contributed by atoms with E-state index in [-0.39, 0.29) is 19.0 Å². The van der Waals surface area contributed by atoms with Gasteiger partial charge in [-0.1, -0.05) is 6.92 Å². The molecule has 2 atom stereocenters. The number of nitrogens with zero attached hydrogens (tertiary/aromatic N) is 1. The maximum atomic E-state index is 10.4. The lowest BCUT2D eigenvalue weighted by atomic mass is 10.2. The maximum Gasteiger partial charge on any atom is 0.306 e. The largest absolute Gasteiger partial charge is 0.481 e. The van der Waals surface area contributed by atoms with Gasteiger partial charge in [-0.3, -0.25) is 4.79 Å². The van der Waals surface area contributed by atoms with Gasteiger partial charge in [0.1, 0.15) is 5.01 Å². The first-order valence-electron chi connectivity index (χ1n) is 5.16. The Balaban J connectivity index is 2.37. The van der Waals surface area contributed by atoms with Crippen molar-refractivity contribution >= 4 is 17.3 Å². The summed E-state index contributed by atoms with van der Waals surface area (Å²) in [5.74, 6) is -0.989. The van der Waals surface area contributed by atoms with E-state index in [1.54, 1.807) is 17.5 Å². The summed E-state index contributed by atoms with van der Waals surface area (Å²) in [5.41, 5.74) is 0. The van der Waals surface area contributed by atoms with Crippen LogP contribution in [-0.4, -0.2) is 33.8 Å². The predicted molar refractivity (Wildman–Crippen MR) is 61.4 cm³/mol. The highest BCUT2D eigenvalue weighted by Crippen LogP contribution is 2.18. The molecule has 1 aromatic heterocycles. The third-order valence-electron chi connectivity index (χ3n) is 2.17. The second kappa shape index (κ2) is 6.57. The molecule has 0 spiro atoms. The van der Waals surface area contributed by atoms with Crippen LogP contribution < -0.4 is 5.32 Å². The summed E-state index contributed by atoms with van der Waals surface area (Å²) < 4.78 is 0. The van der Waals surface area contributed by atoms with E-state index in [1.807, 2.05) is 12.3 Å². The third-order valence-corrected chi connectivity index (χ3v) is 3.06. The Morgan fingerprint density at radius 2 is 2.44 bits per heavy atom. The fourth-order valence-corrected chi connectivity index (χ4v) is 2.16. The van der Waals surface area contributed by atoms with E-state index in [0.29, 0.717) is 0 Å². The zero-order chi connectivity index (χ0) is 12.0. The Kier molecular flexibility index (Phi) is 5.37. The Morgan fingerprint density at radius 3 is 2.94 bits per heavy atom. The van der Waals surface area contributed by atoms with Gasteiger partial charge in [0.25, 0.3) is 0 Å². The summed E-state index contributed by atoms with van der Waals surface area (Å²) in [4.78, 5) is 14.5. The molecule has 0 aromatic carbocycles. The minimum atomic E-state index is -0.989. The van der Waals surface area contributed by atoms with Gasteiger partial charge in [0.2, 0.25) is 0 Å². The molecule has 0 bridgehead atoms. The molecule has 0 saturated carbocycles. The molecule has 90 valence electrons. The van der Waals surface area contributed by atoms with Crippen LogP contribution >= 0.6 is 11.3 Å². The summed E-state index contributed by atoms with van der Waals surface area (Å²) in [6, 6.07) is 0.0865. The van der Waals surface area contributed by atoms with Gasteiger partial charge < -0.3 is 15.5 Å². The van der Waals surface area contributed by atoms with Crippen LogP contribution in [0.15, 0.2) is 11.6 Å². The number of carboxylic acid groups (broad SMARTS) is 1. The molecule has 0 amide bonds. The molecule has 0 radical (unpaired) electrons. The second-order valence-corrected chi connectivity index (χ2v) is 4.42. The molecule has 1 heterocycles. The SMILES string of the molecule is CCC(NCC(O)CC(=O)O)c1nccs1. The van der Waals surface area contributed by atoms with Crippen molar-refractivity contribution in [2.45, 2.75) is 31.9 Å². The molecular weight excluding hydrogens is 228 g/mol. The number of thiazole rings is 1. The summed E-state index contributed by atoms with van der Waals surface area (Å²) in [7, 11) is 0. The van der Waals surface area contributed by atoms with Gasteiger partial charge in [-0.15, -0.1) is 11.3 Å². The molecule has 2 unspecified atom stereocenters. The van der Waals surface area contributed by atoms with Gasteiger partial charge in [-0.05, 0) is 6.42 Å². The van der Waals surface area contributed by atoms with Crippen molar-refractivity contribution < 1.29 is 15.0 Å². The van der Waals surface area contributed by atoms with Crippen molar-refractivity contribution in [2.75, 3.05) is 6.54 Å². The number of aliphatic carboxylic acids is 1. The highest BCUT2D eigenvalue weighted by Gasteiger charge is 2.14. The Labute approximate surface area is 98.1 Å². The number of hydrogen-bond acceptors (Lipinski definition) is 5. The first-order chi connectivity index (χ1) is 7.63. The monoisotopic (exact) mass is 244 g/mol. The van der Waals surface area contributed by atoms with Gasteiger partial charge in [0.05, 0.1) is 18.6 Å².